The third-order valence-electron chi connectivity index (χ3n) is 5.99. The summed E-state index contributed by atoms with van der Waals surface area (Å²) in [5.74, 6) is -0.807. The number of methoxy groups -OCH3 is 1. The van der Waals surface area contributed by atoms with E-state index in [0.717, 1.165) is 4.90 Å². The van der Waals surface area contributed by atoms with Crippen molar-refractivity contribution in [3.63, 3.8) is 0 Å². The second kappa shape index (κ2) is 47.7. The van der Waals surface area contributed by atoms with Gasteiger partial charge in [0.15, 0.2) is 0 Å². The number of hydrogen-bond acceptors (Lipinski definition) is 18. The number of hydrogen-bond donors (Lipinski definition) is 3. The zero-order chi connectivity index (χ0) is 48.7. The van der Waals surface area contributed by atoms with Gasteiger partial charge in [-0.3, -0.25) is 30.4 Å². The van der Waals surface area contributed by atoms with E-state index in [0.29, 0.717) is 17.1 Å². The van der Waals surface area contributed by atoms with Crippen LogP contribution in [-0.4, -0.2) is 208 Å². The van der Waals surface area contributed by atoms with E-state index in [2.05, 4.69) is 124 Å². The number of carbonyl (C=O) groups excluding carboxylic acids is 2. The Balaban J connectivity index is -0.000000321. The van der Waals surface area contributed by atoms with E-state index in [9.17, 15) is 29.8 Å². The normalized spacial score (nSPS) is 9.65. The number of nitro groups is 2. The molecule has 65 heavy (non-hydrogen) atoms. The Labute approximate surface area is 561 Å². The number of rotatable bonds is 19. The Bertz CT molecular complexity index is 1960. The number of nitrogens with zero attached hydrogens (tertiary/aromatic N) is 7. The minimum absolute atomic E-state index is 0. The second-order valence-corrected chi connectivity index (χ2v) is 107. The van der Waals surface area contributed by atoms with Crippen LogP contribution < -0.4 is 92.0 Å². The van der Waals surface area contributed by atoms with Crippen LogP contribution in [0.5, 0.6) is 23.5 Å². The minimum atomic E-state index is -0.900. The fourth-order valence-corrected chi connectivity index (χ4v) is 3.87. The summed E-state index contributed by atoms with van der Waals surface area (Å²) in [6, 6.07) is 4.44. The van der Waals surface area contributed by atoms with Gasteiger partial charge < -0.3 is 41.3 Å². The molecule has 3 rings (SSSR count). The molecule has 0 aliphatic rings. The standard InChI is InChI=1S/C21H25N5O7.C10H13N5O5.CH4.I6.5K.H/c1-5-8-32-16-11-14(10-15(12-16)30-4)13-25(21(27)31-7-3)19-17(26(28)29)18(22)23-20(24-19)33-9-6-2;1-3-5-20-9-12-7(11)6(15(17)18)8(13-9)14-10(16)19-4-2;;1-5(2)6(3)4;;;;;;/h5-6,10-12H,1-2,7-9,13H2,3-4H3,(H2,22,23,24);3H,1,4-5H2,2H3,(H3,11,12,13,14,16);1H4;;;;;;;/q;;;;;;;;+1;-1. The summed E-state index contributed by atoms with van der Waals surface area (Å²) < 4.78 is 30.9. The molecule has 2 heterocycles. The molecule has 5 N–H and O–H groups in total. The average molecular weight is 1720 g/mol. The molecule has 0 spiro atoms. The van der Waals surface area contributed by atoms with Gasteiger partial charge in [-0.25, -0.2) is 9.59 Å². The number of ether oxygens (including phenoxy) is 6. The van der Waals surface area contributed by atoms with Crippen LogP contribution in [0.15, 0.2) is 56.2 Å². The molecule has 33 heteroatoms. The number of carbonyl (C=O) groups is 2. The summed E-state index contributed by atoms with van der Waals surface area (Å²) in [6.45, 7) is 14.0. The number of nitrogens with two attached hydrogens (primary N) is 2. The molecule has 0 unspecified atom stereocenters. The fourth-order valence-electron chi connectivity index (χ4n) is 3.87. The van der Waals surface area contributed by atoms with Gasteiger partial charge in [0.1, 0.15) is 31.3 Å². The first kappa shape index (κ1) is 76.8. The van der Waals surface area contributed by atoms with E-state index in [1.807, 2.05) is 0 Å². The van der Waals surface area contributed by atoms with E-state index in [1.165, 1.54) is 146 Å². The van der Waals surface area contributed by atoms with Crippen molar-refractivity contribution in [2.24, 2.45) is 0 Å². The van der Waals surface area contributed by atoms with Crippen LogP contribution in [0.4, 0.5) is 44.2 Å². The first-order valence-corrected chi connectivity index (χ1v) is 81.4. The molecule has 1 aromatic carbocycles. The van der Waals surface area contributed by atoms with E-state index in [1.54, 1.807) is 38.1 Å². The summed E-state index contributed by atoms with van der Waals surface area (Å²) in [4.78, 5) is 61.3. The Hall–Kier alpha value is 5.30. The number of amides is 2. The van der Waals surface area contributed by atoms with Gasteiger partial charge >= 0.3 is 304 Å². The van der Waals surface area contributed by atoms with E-state index in [4.69, 9.17) is 35.2 Å². The van der Waals surface area contributed by atoms with Crippen LogP contribution in [0.25, 0.3) is 0 Å². The van der Waals surface area contributed by atoms with Gasteiger partial charge in [-0.2, -0.15) is 19.9 Å². The zero-order valence-corrected chi connectivity index (χ0v) is 64.8. The summed E-state index contributed by atoms with van der Waals surface area (Å²) in [5.41, 5.74) is 10.5. The molecule has 0 fully saturated rings. The topological polar surface area (TPSA) is 295 Å². The van der Waals surface area contributed by atoms with Crippen molar-refractivity contribution >= 4 is 263 Å². The van der Waals surface area contributed by atoms with Gasteiger partial charge in [0.05, 0.1) is 36.7 Å². The SMILES string of the molecule is C.C=CCOc1cc(CN(C(=O)OCC)c2nc(OCC=C)nc(N)c2[N+](=O)[O-])cc(OC)c1.C=CCOc1nc(N)c([N+](=O)[O-])c(NC(=O)OCC)n1.II(I)I(I)I.[H-].[K+].[K][K].[K][K]. The molecular weight excluding hydrogens is 1670 g/mol. The van der Waals surface area contributed by atoms with Crippen molar-refractivity contribution in [1.82, 2.24) is 19.9 Å². The summed E-state index contributed by atoms with van der Waals surface area (Å²) in [6.07, 6.45) is 2.65. The van der Waals surface area contributed by atoms with E-state index < -0.39 is 50.9 Å². The predicted octanol–water partition coefficient (Wildman–Crippen LogP) is 5.91. The number of aromatic nitrogens is 4. The van der Waals surface area contributed by atoms with Crippen molar-refractivity contribution in [3.8, 4) is 23.5 Å². The number of nitrogens with one attached hydrogen (secondary N) is 1. The van der Waals surface area contributed by atoms with Gasteiger partial charge in [0, 0.05) is 6.07 Å². The number of nitrogen functional groups attached to an aromatic ring is 2. The van der Waals surface area contributed by atoms with E-state index >= 15 is 0 Å². The van der Waals surface area contributed by atoms with Gasteiger partial charge in [-0.05, 0) is 31.5 Å². The van der Waals surface area contributed by atoms with Crippen LogP contribution >= 0.6 is 90.3 Å². The zero-order valence-electron chi connectivity index (χ0n) is 37.3. The van der Waals surface area contributed by atoms with Crippen LogP contribution in [0.1, 0.15) is 28.3 Å². The number of halogens is 6. The van der Waals surface area contributed by atoms with Crippen LogP contribution in [0.2, 0.25) is 0 Å². The number of benzene rings is 1. The van der Waals surface area contributed by atoms with Crippen LogP contribution in [0.3, 0.4) is 0 Å². The Morgan fingerprint density at radius 1 is 0.800 bits per heavy atom. The van der Waals surface area contributed by atoms with Crippen molar-refractivity contribution in [2.45, 2.75) is 27.8 Å². The van der Waals surface area contributed by atoms with Crippen LogP contribution in [-0.2, 0) is 16.0 Å². The summed E-state index contributed by atoms with van der Waals surface area (Å²) in [5, 5.41) is 24.8. The Morgan fingerprint density at radius 3 is 1.68 bits per heavy atom. The fraction of sp³-hybridized carbons (Fsp3) is 0.312. The first-order chi connectivity index (χ1) is 30.0. The van der Waals surface area contributed by atoms with Crippen molar-refractivity contribution < 1.29 is 101 Å². The third kappa shape index (κ3) is 33.2. The van der Waals surface area contributed by atoms with Crippen LogP contribution in [0, 0.1) is 20.2 Å². The average Bonchev–Trinajstić information content (AvgIpc) is 3.24. The van der Waals surface area contributed by atoms with Crippen molar-refractivity contribution in [3.05, 3.63) is 82.0 Å². The second-order valence-electron chi connectivity index (χ2n) is 9.94. The molecule has 0 aliphatic carbocycles. The molecule has 0 saturated carbocycles. The molecule has 2 amide bonds. The van der Waals surface area contributed by atoms with E-state index in [-0.39, 0.29) is 133 Å². The maximum atomic E-state index is 12.8. The molecule has 340 valence electrons. The molecule has 2 aromatic heterocycles. The molecular formula is C32H43I6K5N10O12. The molecule has 22 nitrogen and oxygen atoms in total. The van der Waals surface area contributed by atoms with Gasteiger partial charge in [0.25, 0.3) is 0 Å². The van der Waals surface area contributed by atoms with Crippen molar-refractivity contribution in [2.75, 3.05) is 61.8 Å². The van der Waals surface area contributed by atoms with Crippen molar-refractivity contribution in [1.29, 1.82) is 0 Å². The van der Waals surface area contributed by atoms with Gasteiger partial charge in [-0.1, -0.05) is 45.4 Å². The summed E-state index contributed by atoms with van der Waals surface area (Å²) in [7, 11) is 0.843. The molecule has 0 aliphatic heterocycles. The monoisotopic (exact) mass is 1720 g/mol. The molecule has 0 saturated heterocycles. The predicted molar refractivity (Wildman–Crippen MR) is 305 cm³/mol. The Kier molecular flexibility index (Phi) is 56.4. The summed E-state index contributed by atoms with van der Waals surface area (Å²) >= 11 is 15.5. The third-order valence-corrected chi connectivity index (χ3v) is 171. The molecule has 3 aromatic rings. The maximum absolute atomic E-state index is 12.8. The number of anilines is 4. The molecule has 0 atom stereocenters. The first-order valence-electron chi connectivity index (χ1n) is 18.0. The van der Waals surface area contributed by atoms with Gasteiger partial charge in [-0.15, -0.1) is 0 Å². The molecule has 0 radical (unpaired) electrons. The molecule has 0 bridgehead atoms. The quantitative estimate of drug-likeness (QED) is 0.0413. The Morgan fingerprint density at radius 2 is 1.25 bits per heavy atom. The van der Waals surface area contributed by atoms with Gasteiger partial charge in [0.2, 0.25) is 23.3 Å².